The number of benzene rings is 2. The molecule has 1 unspecified atom stereocenters. The zero-order valence-electron chi connectivity index (χ0n) is 14.2. The second kappa shape index (κ2) is 7.64. The predicted octanol–water partition coefficient (Wildman–Crippen LogP) is 2.19. The summed E-state index contributed by atoms with van der Waals surface area (Å²) in [4.78, 5) is 14.2. The summed E-state index contributed by atoms with van der Waals surface area (Å²) < 4.78 is 10.7. The minimum atomic E-state index is 0.123. The van der Waals surface area contributed by atoms with Crippen molar-refractivity contribution in [2.24, 2.45) is 0 Å². The van der Waals surface area contributed by atoms with E-state index in [4.69, 9.17) is 9.47 Å². The molecular formula is C19H24N2O3. The summed E-state index contributed by atoms with van der Waals surface area (Å²) in [6.45, 7) is 2.75. The van der Waals surface area contributed by atoms with E-state index in [9.17, 15) is 4.79 Å². The van der Waals surface area contributed by atoms with Crippen LogP contribution in [0.5, 0.6) is 5.75 Å². The van der Waals surface area contributed by atoms with Crippen molar-refractivity contribution in [2.75, 3.05) is 33.9 Å². The van der Waals surface area contributed by atoms with Crippen molar-refractivity contribution < 1.29 is 14.3 Å². The standard InChI is InChI=1S/C19H24N2O3/c1-21(19(22)11-17-13-24-8-7-20-17)12-14-3-4-16-10-18(23-2)6-5-15(16)9-14/h3-6,9-10,17,20H,7-8,11-13H2,1-2H3. The maximum absolute atomic E-state index is 12.4. The molecule has 1 heterocycles. The molecule has 0 aliphatic carbocycles. The lowest BCUT2D eigenvalue weighted by atomic mass is 10.1. The van der Waals surface area contributed by atoms with Crippen molar-refractivity contribution in [2.45, 2.75) is 19.0 Å². The number of nitrogens with one attached hydrogen (secondary N) is 1. The van der Waals surface area contributed by atoms with E-state index < -0.39 is 0 Å². The maximum atomic E-state index is 12.4. The third-order valence-electron chi connectivity index (χ3n) is 4.38. The van der Waals surface area contributed by atoms with Gasteiger partial charge in [-0.05, 0) is 34.5 Å². The number of morpholine rings is 1. The molecule has 24 heavy (non-hydrogen) atoms. The summed E-state index contributed by atoms with van der Waals surface area (Å²) in [5, 5.41) is 5.60. The van der Waals surface area contributed by atoms with Crippen molar-refractivity contribution in [3.63, 3.8) is 0 Å². The van der Waals surface area contributed by atoms with E-state index in [2.05, 4.69) is 23.5 Å². The molecule has 0 aromatic heterocycles. The Hall–Kier alpha value is -2.11. The maximum Gasteiger partial charge on any atom is 0.224 e. The van der Waals surface area contributed by atoms with Gasteiger partial charge in [-0.2, -0.15) is 0 Å². The van der Waals surface area contributed by atoms with Gasteiger partial charge in [-0.15, -0.1) is 0 Å². The first-order valence-electron chi connectivity index (χ1n) is 8.27. The van der Waals surface area contributed by atoms with E-state index in [-0.39, 0.29) is 11.9 Å². The van der Waals surface area contributed by atoms with E-state index in [0.29, 0.717) is 19.6 Å². The SMILES string of the molecule is COc1ccc2cc(CN(C)C(=O)CC3COCCN3)ccc2c1. The highest BCUT2D eigenvalue weighted by Gasteiger charge is 2.19. The minimum absolute atomic E-state index is 0.123. The van der Waals surface area contributed by atoms with Crippen LogP contribution in [-0.2, 0) is 16.1 Å². The van der Waals surface area contributed by atoms with Gasteiger partial charge in [0.05, 0.1) is 20.3 Å². The fraction of sp³-hybridized carbons (Fsp3) is 0.421. The van der Waals surface area contributed by atoms with Gasteiger partial charge in [0.2, 0.25) is 5.91 Å². The smallest absolute Gasteiger partial charge is 0.224 e. The second-order valence-corrected chi connectivity index (χ2v) is 6.23. The van der Waals surface area contributed by atoms with E-state index in [1.807, 2.05) is 25.2 Å². The summed E-state index contributed by atoms with van der Waals surface area (Å²) in [5.74, 6) is 0.984. The van der Waals surface area contributed by atoms with Crippen LogP contribution in [0.2, 0.25) is 0 Å². The summed E-state index contributed by atoms with van der Waals surface area (Å²) in [6.07, 6.45) is 0.473. The average molecular weight is 328 g/mol. The number of ether oxygens (including phenoxy) is 2. The molecule has 0 radical (unpaired) electrons. The molecule has 2 aromatic rings. The van der Waals surface area contributed by atoms with Crippen molar-refractivity contribution in [1.82, 2.24) is 10.2 Å². The predicted molar refractivity (Wildman–Crippen MR) is 94.2 cm³/mol. The van der Waals surface area contributed by atoms with E-state index in [0.717, 1.165) is 35.2 Å². The molecule has 128 valence electrons. The number of methoxy groups -OCH3 is 1. The Morgan fingerprint density at radius 3 is 2.83 bits per heavy atom. The molecule has 5 heteroatoms. The lowest BCUT2D eigenvalue weighted by Gasteiger charge is -2.25. The summed E-state index contributed by atoms with van der Waals surface area (Å²) in [7, 11) is 3.52. The van der Waals surface area contributed by atoms with Crippen molar-refractivity contribution in [1.29, 1.82) is 0 Å². The lowest BCUT2D eigenvalue weighted by Crippen LogP contribution is -2.44. The van der Waals surface area contributed by atoms with E-state index >= 15 is 0 Å². The van der Waals surface area contributed by atoms with Gasteiger partial charge in [-0.25, -0.2) is 0 Å². The molecule has 1 N–H and O–H groups in total. The van der Waals surface area contributed by atoms with Gasteiger partial charge in [-0.3, -0.25) is 4.79 Å². The number of amides is 1. The molecule has 0 bridgehead atoms. The largest absolute Gasteiger partial charge is 0.497 e. The third kappa shape index (κ3) is 4.04. The summed E-state index contributed by atoms with van der Waals surface area (Å²) in [6, 6.07) is 12.4. The van der Waals surface area contributed by atoms with Crippen LogP contribution in [0.4, 0.5) is 0 Å². The van der Waals surface area contributed by atoms with Gasteiger partial charge in [0.15, 0.2) is 0 Å². The molecule has 1 saturated heterocycles. The molecule has 2 aromatic carbocycles. The third-order valence-corrected chi connectivity index (χ3v) is 4.38. The number of fused-ring (bicyclic) bond motifs is 1. The molecular weight excluding hydrogens is 304 g/mol. The van der Waals surface area contributed by atoms with E-state index in [1.54, 1.807) is 12.0 Å². The fourth-order valence-electron chi connectivity index (χ4n) is 2.98. The van der Waals surface area contributed by atoms with Crippen molar-refractivity contribution >= 4 is 16.7 Å². The van der Waals surface area contributed by atoms with Crippen molar-refractivity contribution in [3.05, 3.63) is 42.0 Å². The molecule has 5 nitrogen and oxygen atoms in total. The number of hydrogen-bond acceptors (Lipinski definition) is 4. The highest BCUT2D eigenvalue weighted by Crippen LogP contribution is 2.22. The molecule has 1 atom stereocenters. The molecule has 1 fully saturated rings. The van der Waals surface area contributed by atoms with Crippen molar-refractivity contribution in [3.8, 4) is 5.75 Å². The van der Waals surface area contributed by atoms with Gasteiger partial charge >= 0.3 is 0 Å². The Morgan fingerprint density at radius 2 is 2.08 bits per heavy atom. The molecule has 1 amide bonds. The van der Waals surface area contributed by atoms with Crippen LogP contribution in [0.25, 0.3) is 10.8 Å². The monoisotopic (exact) mass is 328 g/mol. The van der Waals surface area contributed by atoms with Crippen LogP contribution in [0.3, 0.4) is 0 Å². The minimum Gasteiger partial charge on any atom is -0.497 e. The van der Waals surface area contributed by atoms with E-state index in [1.165, 1.54) is 0 Å². The molecule has 1 aliphatic rings. The first-order valence-corrected chi connectivity index (χ1v) is 8.27. The summed E-state index contributed by atoms with van der Waals surface area (Å²) in [5.41, 5.74) is 1.12. The summed E-state index contributed by atoms with van der Waals surface area (Å²) >= 11 is 0. The van der Waals surface area contributed by atoms with Gasteiger partial charge in [0.1, 0.15) is 5.75 Å². The van der Waals surface area contributed by atoms with Crippen LogP contribution in [0, 0.1) is 0 Å². The van der Waals surface area contributed by atoms with Gasteiger partial charge in [-0.1, -0.05) is 18.2 Å². The average Bonchev–Trinajstić information content (AvgIpc) is 2.62. The van der Waals surface area contributed by atoms with Crippen LogP contribution < -0.4 is 10.1 Å². The fourth-order valence-corrected chi connectivity index (χ4v) is 2.98. The Kier molecular flexibility index (Phi) is 5.33. The Morgan fingerprint density at radius 1 is 1.29 bits per heavy atom. The zero-order chi connectivity index (χ0) is 16.9. The number of rotatable bonds is 5. The van der Waals surface area contributed by atoms with Crippen LogP contribution in [-0.4, -0.2) is 50.8 Å². The first kappa shape index (κ1) is 16.7. The Labute approximate surface area is 142 Å². The number of carbonyl (C=O) groups excluding carboxylic acids is 1. The molecule has 0 spiro atoms. The first-order chi connectivity index (χ1) is 11.7. The molecule has 0 saturated carbocycles. The Balaban J connectivity index is 1.63. The van der Waals surface area contributed by atoms with Gasteiger partial charge < -0.3 is 19.7 Å². The quantitative estimate of drug-likeness (QED) is 0.914. The lowest BCUT2D eigenvalue weighted by molar-refractivity contribution is -0.131. The number of carbonyl (C=O) groups is 1. The van der Waals surface area contributed by atoms with Gasteiger partial charge in [0.25, 0.3) is 0 Å². The normalized spacial score (nSPS) is 17.7. The highest BCUT2D eigenvalue weighted by molar-refractivity contribution is 5.84. The van der Waals surface area contributed by atoms with Crippen LogP contribution in [0.1, 0.15) is 12.0 Å². The second-order valence-electron chi connectivity index (χ2n) is 6.23. The molecule has 1 aliphatic heterocycles. The van der Waals surface area contributed by atoms with Crippen LogP contribution in [0.15, 0.2) is 36.4 Å². The Bertz CT molecular complexity index is 711. The zero-order valence-corrected chi connectivity index (χ0v) is 14.2. The van der Waals surface area contributed by atoms with Crippen LogP contribution >= 0.6 is 0 Å². The highest BCUT2D eigenvalue weighted by atomic mass is 16.5. The molecule has 3 rings (SSSR count). The van der Waals surface area contributed by atoms with Gasteiger partial charge in [0, 0.05) is 32.6 Å². The topological polar surface area (TPSA) is 50.8 Å². The number of nitrogens with zero attached hydrogens (tertiary/aromatic N) is 1. The number of hydrogen-bond donors (Lipinski definition) is 1.